The predicted octanol–water partition coefficient (Wildman–Crippen LogP) is 3.50. The third-order valence-corrected chi connectivity index (χ3v) is 6.63. The van der Waals surface area contributed by atoms with Gasteiger partial charge in [0.25, 0.3) is 5.91 Å². The molecular weight excluding hydrogens is 398 g/mol. The molecule has 7 heteroatoms. The van der Waals surface area contributed by atoms with Crippen LogP contribution in [0.4, 0.5) is 0 Å². The van der Waals surface area contributed by atoms with E-state index in [9.17, 15) is 9.59 Å². The van der Waals surface area contributed by atoms with Crippen molar-refractivity contribution in [3.8, 4) is 0 Å². The number of thiophene rings is 1. The maximum atomic E-state index is 12.0. The molecule has 1 fully saturated rings. The van der Waals surface area contributed by atoms with E-state index in [1.165, 1.54) is 11.3 Å². The molecule has 2 unspecified atom stereocenters. The lowest BCUT2D eigenvalue weighted by Crippen LogP contribution is -2.32. The average molecular weight is 411 g/mol. The number of amides is 1. The number of hydrogen-bond donors (Lipinski definition) is 2. The maximum absolute atomic E-state index is 12.0. The van der Waals surface area contributed by atoms with Crippen LogP contribution in [0.15, 0.2) is 14.3 Å². The summed E-state index contributed by atoms with van der Waals surface area (Å²) in [5.41, 5.74) is 0. The highest BCUT2D eigenvalue weighted by Gasteiger charge is 2.32. The number of aliphatic carboxylic acids is 1. The number of nitrogens with one attached hydrogen (secondary N) is 1. The normalized spacial score (nSPS) is 22.4. The number of rotatable bonds is 4. The van der Waals surface area contributed by atoms with Gasteiger partial charge < -0.3 is 10.4 Å². The molecule has 1 heterocycles. The van der Waals surface area contributed by atoms with Gasteiger partial charge in [-0.3, -0.25) is 9.59 Å². The fourth-order valence-electron chi connectivity index (χ4n) is 2.38. The van der Waals surface area contributed by atoms with Crippen LogP contribution in [0.5, 0.6) is 0 Å². The minimum Gasteiger partial charge on any atom is -0.481 e. The lowest BCUT2D eigenvalue weighted by Gasteiger charge is -2.15. The van der Waals surface area contributed by atoms with Crippen molar-refractivity contribution in [1.29, 1.82) is 0 Å². The van der Waals surface area contributed by atoms with Crippen molar-refractivity contribution in [1.82, 2.24) is 5.32 Å². The Morgan fingerprint density at radius 1 is 1.42 bits per heavy atom. The summed E-state index contributed by atoms with van der Waals surface area (Å²) in [5, 5.41) is 11.9. The van der Waals surface area contributed by atoms with Crippen LogP contribution in [0.3, 0.4) is 0 Å². The summed E-state index contributed by atoms with van der Waals surface area (Å²) < 4.78 is 1.73. The second kappa shape index (κ2) is 6.37. The second-order valence-electron chi connectivity index (χ2n) is 4.58. The van der Waals surface area contributed by atoms with Crippen LogP contribution in [0.25, 0.3) is 0 Å². The van der Waals surface area contributed by atoms with Gasteiger partial charge in [-0.25, -0.2) is 0 Å². The summed E-state index contributed by atoms with van der Waals surface area (Å²) >= 11 is 8.03. The monoisotopic (exact) mass is 409 g/mol. The van der Waals surface area contributed by atoms with Gasteiger partial charge in [0.15, 0.2) is 0 Å². The molecule has 0 spiro atoms. The molecule has 2 atom stereocenters. The quantitative estimate of drug-likeness (QED) is 0.798. The van der Waals surface area contributed by atoms with Gasteiger partial charge >= 0.3 is 5.97 Å². The van der Waals surface area contributed by atoms with Gasteiger partial charge in [0.1, 0.15) is 0 Å². The molecule has 0 bridgehead atoms. The molecule has 0 aliphatic heterocycles. The lowest BCUT2D eigenvalue weighted by atomic mass is 9.96. The van der Waals surface area contributed by atoms with E-state index in [0.717, 1.165) is 21.1 Å². The summed E-state index contributed by atoms with van der Waals surface area (Å²) in [6.45, 7) is 0.433. The number of carbonyl (C=O) groups is 2. The first kappa shape index (κ1) is 15.0. The zero-order valence-electron chi connectivity index (χ0n) is 9.99. The number of carboxylic acids is 1. The van der Waals surface area contributed by atoms with E-state index >= 15 is 0 Å². The van der Waals surface area contributed by atoms with Gasteiger partial charge in [-0.15, -0.1) is 11.3 Å². The standard InChI is InChI=1S/C12H13Br2NO3S/c13-8-4-9(19-10(8)14)11(16)15-5-6-2-1-3-7(6)12(17)18/h4,6-7H,1-3,5H2,(H,15,16)(H,17,18). The fourth-order valence-corrected chi connectivity index (χ4v) is 4.33. The zero-order valence-corrected chi connectivity index (χ0v) is 14.0. The summed E-state index contributed by atoms with van der Waals surface area (Å²) in [6.07, 6.45) is 2.51. The molecule has 2 rings (SSSR count). The Morgan fingerprint density at radius 2 is 2.16 bits per heavy atom. The summed E-state index contributed by atoms with van der Waals surface area (Å²) in [7, 11) is 0. The van der Waals surface area contributed by atoms with Crippen molar-refractivity contribution in [3.05, 3.63) is 19.2 Å². The van der Waals surface area contributed by atoms with E-state index in [4.69, 9.17) is 5.11 Å². The first-order valence-corrected chi connectivity index (χ1v) is 8.35. The largest absolute Gasteiger partial charge is 0.481 e. The van der Waals surface area contributed by atoms with E-state index in [-0.39, 0.29) is 17.7 Å². The van der Waals surface area contributed by atoms with Crippen LogP contribution in [-0.4, -0.2) is 23.5 Å². The molecule has 1 saturated carbocycles. The van der Waals surface area contributed by atoms with Crippen molar-refractivity contribution in [2.24, 2.45) is 11.8 Å². The number of halogens is 2. The van der Waals surface area contributed by atoms with Crippen LogP contribution in [0, 0.1) is 11.8 Å². The number of carboxylic acid groups (broad SMARTS) is 1. The van der Waals surface area contributed by atoms with Crippen molar-refractivity contribution in [2.75, 3.05) is 6.54 Å². The van der Waals surface area contributed by atoms with Crippen molar-refractivity contribution in [2.45, 2.75) is 19.3 Å². The summed E-state index contributed by atoms with van der Waals surface area (Å²) in [5.74, 6) is -1.17. The van der Waals surface area contributed by atoms with Crippen LogP contribution >= 0.6 is 43.2 Å². The van der Waals surface area contributed by atoms with Gasteiger partial charge in [0, 0.05) is 11.0 Å². The summed E-state index contributed by atoms with van der Waals surface area (Å²) in [4.78, 5) is 23.6. The minimum absolute atomic E-state index is 0.0493. The van der Waals surface area contributed by atoms with Crippen LogP contribution < -0.4 is 5.32 Å². The van der Waals surface area contributed by atoms with Crippen molar-refractivity contribution >= 4 is 55.1 Å². The highest BCUT2D eigenvalue weighted by atomic mass is 79.9. The van der Waals surface area contributed by atoms with Crippen LogP contribution in [0.2, 0.25) is 0 Å². The molecule has 4 nitrogen and oxygen atoms in total. The van der Waals surface area contributed by atoms with Crippen LogP contribution in [0.1, 0.15) is 28.9 Å². The second-order valence-corrected chi connectivity index (χ2v) is 7.80. The molecule has 19 heavy (non-hydrogen) atoms. The third-order valence-electron chi connectivity index (χ3n) is 3.37. The van der Waals surface area contributed by atoms with Gasteiger partial charge in [-0.05, 0) is 56.7 Å². The van der Waals surface area contributed by atoms with E-state index < -0.39 is 5.97 Å². The Bertz CT molecular complexity index is 484. The van der Waals surface area contributed by atoms with E-state index in [2.05, 4.69) is 37.2 Å². The molecule has 2 N–H and O–H groups in total. The first-order valence-electron chi connectivity index (χ1n) is 5.95. The Hall–Kier alpha value is -0.400. The zero-order chi connectivity index (χ0) is 14.0. The van der Waals surface area contributed by atoms with Gasteiger partial charge in [-0.2, -0.15) is 0 Å². The Morgan fingerprint density at radius 3 is 2.74 bits per heavy atom. The topological polar surface area (TPSA) is 66.4 Å². The molecule has 104 valence electrons. The molecule has 1 amide bonds. The van der Waals surface area contributed by atoms with Crippen molar-refractivity contribution in [3.63, 3.8) is 0 Å². The smallest absolute Gasteiger partial charge is 0.306 e. The van der Waals surface area contributed by atoms with Gasteiger partial charge in [0.2, 0.25) is 0 Å². The molecule has 0 aromatic carbocycles. The molecular formula is C12H13Br2NO3S. The summed E-state index contributed by atoms with van der Waals surface area (Å²) in [6, 6.07) is 1.76. The molecule has 0 saturated heterocycles. The minimum atomic E-state index is -0.752. The fraction of sp³-hybridized carbons (Fsp3) is 0.500. The highest BCUT2D eigenvalue weighted by molar-refractivity contribution is 9.13. The Balaban J connectivity index is 1.91. The number of carbonyl (C=O) groups excluding carboxylic acids is 1. The molecule has 1 aliphatic rings. The van der Waals surface area contributed by atoms with E-state index in [0.29, 0.717) is 17.8 Å². The van der Waals surface area contributed by atoms with Crippen LogP contribution in [-0.2, 0) is 4.79 Å². The Labute approximate surface area is 131 Å². The van der Waals surface area contributed by atoms with Crippen molar-refractivity contribution < 1.29 is 14.7 Å². The first-order chi connectivity index (χ1) is 8.99. The van der Waals surface area contributed by atoms with E-state index in [1.54, 1.807) is 6.07 Å². The molecule has 1 aromatic rings. The third kappa shape index (κ3) is 3.58. The lowest BCUT2D eigenvalue weighted by molar-refractivity contribution is -0.142. The Kier molecular flexibility index (Phi) is 5.03. The number of hydrogen-bond acceptors (Lipinski definition) is 3. The predicted molar refractivity (Wildman–Crippen MR) is 80.5 cm³/mol. The molecule has 1 aliphatic carbocycles. The van der Waals surface area contributed by atoms with Gasteiger partial charge in [0.05, 0.1) is 14.6 Å². The molecule has 0 radical (unpaired) electrons. The SMILES string of the molecule is O=C(NCC1CCCC1C(=O)O)c1cc(Br)c(Br)s1. The highest BCUT2D eigenvalue weighted by Crippen LogP contribution is 2.33. The van der Waals surface area contributed by atoms with E-state index in [1.807, 2.05) is 0 Å². The molecule has 1 aromatic heterocycles. The maximum Gasteiger partial charge on any atom is 0.306 e. The van der Waals surface area contributed by atoms with Gasteiger partial charge in [-0.1, -0.05) is 6.42 Å². The average Bonchev–Trinajstić information content (AvgIpc) is 2.94.